The average molecular weight is 377 g/mol. The molecular weight excluding hydrogens is 362 g/mol. The molecule has 1 spiro atoms. The van der Waals surface area contributed by atoms with Crippen LogP contribution in [0.15, 0.2) is 48.5 Å². The standard InChI is InChI=1S/C20H15F4NO2/c21-16-8-13(20(22,23)24)6-7-14(16)15-9-19(15)10-17(26)25(18(19)27)11-12-4-2-1-3-5-12/h1-8,15H,9-11H2/t15-,19?/m1/s1. The van der Waals surface area contributed by atoms with Crippen LogP contribution in [0.25, 0.3) is 0 Å². The lowest BCUT2D eigenvalue weighted by Crippen LogP contribution is -2.30. The first-order chi connectivity index (χ1) is 12.7. The molecule has 2 aromatic rings. The maximum atomic E-state index is 14.3. The summed E-state index contributed by atoms with van der Waals surface area (Å²) in [4.78, 5) is 26.3. The molecule has 1 aliphatic heterocycles. The summed E-state index contributed by atoms with van der Waals surface area (Å²) in [7, 11) is 0. The van der Waals surface area contributed by atoms with Crippen molar-refractivity contribution in [3.8, 4) is 0 Å². The Morgan fingerprint density at radius 3 is 2.41 bits per heavy atom. The lowest BCUT2D eigenvalue weighted by Gasteiger charge is -2.15. The summed E-state index contributed by atoms with van der Waals surface area (Å²) in [5.74, 6) is -2.27. The van der Waals surface area contributed by atoms with Crippen LogP contribution >= 0.6 is 0 Å². The molecule has 2 aliphatic rings. The van der Waals surface area contributed by atoms with Crippen LogP contribution in [0, 0.1) is 11.2 Å². The van der Waals surface area contributed by atoms with Gasteiger partial charge in [-0.2, -0.15) is 13.2 Å². The van der Waals surface area contributed by atoms with Crippen LogP contribution in [0.3, 0.4) is 0 Å². The summed E-state index contributed by atoms with van der Waals surface area (Å²) in [6.07, 6.45) is -4.40. The van der Waals surface area contributed by atoms with E-state index in [1.807, 2.05) is 6.07 Å². The van der Waals surface area contributed by atoms with Gasteiger partial charge < -0.3 is 0 Å². The SMILES string of the molecule is O=C1CC2(C[C@@H]2c2ccc(C(F)(F)F)cc2F)C(=O)N1Cc1ccccc1. The van der Waals surface area contributed by atoms with E-state index in [1.54, 1.807) is 24.3 Å². The van der Waals surface area contributed by atoms with E-state index in [0.717, 1.165) is 22.6 Å². The minimum atomic E-state index is -4.63. The Kier molecular flexibility index (Phi) is 3.87. The first-order valence-electron chi connectivity index (χ1n) is 8.48. The normalized spacial score (nSPS) is 24.7. The molecule has 3 nitrogen and oxygen atoms in total. The van der Waals surface area contributed by atoms with E-state index >= 15 is 0 Å². The van der Waals surface area contributed by atoms with Gasteiger partial charge in [0.2, 0.25) is 11.8 Å². The molecule has 1 aliphatic carbocycles. The molecule has 27 heavy (non-hydrogen) atoms. The van der Waals surface area contributed by atoms with Crippen LogP contribution in [-0.4, -0.2) is 16.7 Å². The molecule has 2 fully saturated rings. The Morgan fingerprint density at radius 1 is 1.07 bits per heavy atom. The Bertz CT molecular complexity index is 925. The highest BCUT2D eigenvalue weighted by atomic mass is 19.4. The lowest BCUT2D eigenvalue weighted by molar-refractivity contribution is -0.141. The van der Waals surface area contributed by atoms with Crippen LogP contribution < -0.4 is 0 Å². The number of hydrogen-bond donors (Lipinski definition) is 0. The second kappa shape index (κ2) is 5.90. The number of imide groups is 1. The third kappa shape index (κ3) is 2.91. The van der Waals surface area contributed by atoms with Gasteiger partial charge >= 0.3 is 6.18 Å². The molecule has 2 aromatic carbocycles. The number of carbonyl (C=O) groups is 2. The number of nitrogens with zero attached hydrogens (tertiary/aromatic N) is 1. The molecular formula is C20H15F4NO2. The van der Waals surface area contributed by atoms with Crippen molar-refractivity contribution in [2.24, 2.45) is 5.41 Å². The molecule has 0 N–H and O–H groups in total. The average Bonchev–Trinajstić information content (AvgIpc) is 3.28. The number of alkyl halides is 3. The fourth-order valence-corrected chi connectivity index (χ4v) is 3.88. The Labute approximate surface area is 152 Å². The monoisotopic (exact) mass is 377 g/mol. The van der Waals surface area contributed by atoms with Gasteiger partial charge in [-0.1, -0.05) is 36.4 Å². The second-order valence-electron chi connectivity index (χ2n) is 7.09. The topological polar surface area (TPSA) is 37.4 Å². The molecule has 1 heterocycles. The molecule has 1 saturated heterocycles. The predicted molar refractivity (Wildman–Crippen MR) is 87.8 cm³/mol. The minimum Gasteiger partial charge on any atom is -0.278 e. The molecule has 0 aromatic heterocycles. The second-order valence-corrected chi connectivity index (χ2v) is 7.09. The van der Waals surface area contributed by atoms with Gasteiger partial charge in [0.15, 0.2) is 0 Å². The van der Waals surface area contributed by atoms with Crippen molar-refractivity contribution in [1.82, 2.24) is 4.90 Å². The van der Waals surface area contributed by atoms with Crippen LogP contribution in [0.5, 0.6) is 0 Å². The summed E-state index contributed by atoms with van der Waals surface area (Å²) in [5.41, 5.74) is -1.23. The van der Waals surface area contributed by atoms with E-state index in [-0.39, 0.29) is 36.8 Å². The number of likely N-dealkylation sites (tertiary alicyclic amines) is 1. The van der Waals surface area contributed by atoms with Crippen LogP contribution in [0.4, 0.5) is 17.6 Å². The van der Waals surface area contributed by atoms with Crippen molar-refractivity contribution in [3.05, 3.63) is 71.0 Å². The quantitative estimate of drug-likeness (QED) is 0.592. The molecule has 4 rings (SSSR count). The lowest BCUT2D eigenvalue weighted by atomic mass is 9.96. The molecule has 2 atom stereocenters. The smallest absolute Gasteiger partial charge is 0.278 e. The van der Waals surface area contributed by atoms with Crippen molar-refractivity contribution in [3.63, 3.8) is 0 Å². The molecule has 0 radical (unpaired) electrons. The van der Waals surface area contributed by atoms with E-state index in [4.69, 9.17) is 0 Å². The Hall–Kier alpha value is -2.70. The molecule has 7 heteroatoms. The molecule has 1 saturated carbocycles. The van der Waals surface area contributed by atoms with Crippen molar-refractivity contribution in [2.45, 2.75) is 31.5 Å². The van der Waals surface area contributed by atoms with Gasteiger partial charge in [0.05, 0.1) is 17.5 Å². The van der Waals surface area contributed by atoms with E-state index < -0.39 is 28.9 Å². The molecule has 140 valence electrons. The zero-order chi connectivity index (χ0) is 19.4. The molecule has 1 unspecified atom stereocenters. The first kappa shape index (κ1) is 17.7. The van der Waals surface area contributed by atoms with Gasteiger partial charge in [-0.25, -0.2) is 4.39 Å². The van der Waals surface area contributed by atoms with Crippen molar-refractivity contribution in [1.29, 1.82) is 0 Å². The fraction of sp³-hybridized carbons (Fsp3) is 0.300. The van der Waals surface area contributed by atoms with Gasteiger partial charge in [0.25, 0.3) is 0 Å². The minimum absolute atomic E-state index is 0.0379. The van der Waals surface area contributed by atoms with E-state index in [0.29, 0.717) is 6.07 Å². The van der Waals surface area contributed by atoms with Gasteiger partial charge in [-0.3, -0.25) is 14.5 Å². The number of carbonyl (C=O) groups excluding carboxylic acids is 2. The van der Waals surface area contributed by atoms with Crippen LogP contribution in [-0.2, 0) is 22.3 Å². The highest BCUT2D eigenvalue weighted by Crippen LogP contribution is 2.65. The van der Waals surface area contributed by atoms with Gasteiger partial charge in [0.1, 0.15) is 5.82 Å². The number of hydrogen-bond acceptors (Lipinski definition) is 2. The van der Waals surface area contributed by atoms with Crippen molar-refractivity contribution in [2.75, 3.05) is 0 Å². The summed E-state index contributed by atoms with van der Waals surface area (Å²) >= 11 is 0. The van der Waals surface area contributed by atoms with Crippen LogP contribution in [0.2, 0.25) is 0 Å². The number of halogens is 4. The van der Waals surface area contributed by atoms with E-state index in [9.17, 15) is 27.2 Å². The zero-order valence-corrected chi connectivity index (χ0v) is 14.1. The highest BCUT2D eigenvalue weighted by molar-refractivity contribution is 6.08. The van der Waals surface area contributed by atoms with E-state index in [2.05, 4.69) is 0 Å². The first-order valence-corrected chi connectivity index (χ1v) is 8.48. The summed E-state index contributed by atoms with van der Waals surface area (Å²) < 4.78 is 52.4. The van der Waals surface area contributed by atoms with Gasteiger partial charge in [0, 0.05) is 12.3 Å². The zero-order valence-electron chi connectivity index (χ0n) is 14.1. The number of benzene rings is 2. The maximum absolute atomic E-state index is 14.3. The number of amides is 2. The fourth-order valence-electron chi connectivity index (χ4n) is 3.88. The van der Waals surface area contributed by atoms with Gasteiger partial charge in [-0.15, -0.1) is 0 Å². The Balaban J connectivity index is 1.57. The maximum Gasteiger partial charge on any atom is 0.416 e. The summed E-state index contributed by atoms with van der Waals surface area (Å²) in [6.45, 7) is 0.141. The summed E-state index contributed by atoms with van der Waals surface area (Å²) in [5, 5.41) is 0. The third-order valence-electron chi connectivity index (χ3n) is 5.40. The molecule has 0 bridgehead atoms. The Morgan fingerprint density at radius 2 is 1.78 bits per heavy atom. The number of rotatable bonds is 3. The third-order valence-corrected chi connectivity index (χ3v) is 5.40. The largest absolute Gasteiger partial charge is 0.416 e. The van der Waals surface area contributed by atoms with Crippen molar-refractivity contribution < 1.29 is 27.2 Å². The highest BCUT2D eigenvalue weighted by Gasteiger charge is 2.67. The molecule has 2 amide bonds. The van der Waals surface area contributed by atoms with E-state index in [1.165, 1.54) is 0 Å². The predicted octanol–water partition coefficient (Wildman–Crippen LogP) is 4.28. The van der Waals surface area contributed by atoms with Crippen LogP contribution in [0.1, 0.15) is 35.4 Å². The van der Waals surface area contributed by atoms with Gasteiger partial charge in [-0.05, 0) is 29.7 Å². The summed E-state index contributed by atoms with van der Waals surface area (Å²) in [6, 6.07) is 11.4. The van der Waals surface area contributed by atoms with Crippen molar-refractivity contribution >= 4 is 11.8 Å².